The number of hydrogen-bond donors (Lipinski definition) is 2. The first kappa shape index (κ1) is 22.8. The molecule has 0 spiro atoms. The van der Waals surface area contributed by atoms with Crippen molar-refractivity contribution in [3.63, 3.8) is 0 Å². The lowest BCUT2D eigenvalue weighted by molar-refractivity contribution is -0.149. The van der Waals surface area contributed by atoms with Crippen molar-refractivity contribution in [3.8, 4) is 0 Å². The van der Waals surface area contributed by atoms with Gasteiger partial charge in [-0.05, 0) is 41.7 Å². The number of carbonyl (C=O) groups is 3. The quantitative estimate of drug-likeness (QED) is 0.513. The van der Waals surface area contributed by atoms with Crippen molar-refractivity contribution in [1.29, 1.82) is 0 Å². The fourth-order valence-corrected chi connectivity index (χ4v) is 3.27. The first-order chi connectivity index (χ1) is 15.4. The molecule has 3 rings (SSSR count). The van der Waals surface area contributed by atoms with Crippen molar-refractivity contribution in [3.05, 3.63) is 89.4 Å². The smallest absolute Gasteiger partial charge is 0.333 e. The fraction of sp³-hybridized carbons (Fsp3) is 0.240. The molecule has 7 heteroatoms. The number of nitrogens with one attached hydrogen (secondary N) is 2. The van der Waals surface area contributed by atoms with Crippen LogP contribution in [0.1, 0.15) is 53.1 Å². The molecule has 2 amide bonds. The Balaban J connectivity index is 1.69. The molecule has 1 aromatic heterocycles. The summed E-state index contributed by atoms with van der Waals surface area (Å²) >= 11 is 0. The van der Waals surface area contributed by atoms with Crippen LogP contribution in [0.2, 0.25) is 0 Å². The summed E-state index contributed by atoms with van der Waals surface area (Å²) < 4.78 is 10.3. The highest BCUT2D eigenvalue weighted by Gasteiger charge is 2.26. The Kier molecular flexibility index (Phi) is 7.44. The molecule has 1 atom stereocenters. The summed E-state index contributed by atoms with van der Waals surface area (Å²) in [6.07, 6.45) is 1.37. The molecule has 0 saturated heterocycles. The average Bonchev–Trinajstić information content (AvgIpc) is 3.32. The van der Waals surface area contributed by atoms with E-state index in [0.717, 1.165) is 11.1 Å². The Bertz CT molecular complexity index is 1070. The number of para-hydroxylation sites is 1. The SMILES string of the molecule is Cc1cccc(C(C)C)c1NC(=O)COC(=O)C(NC(=O)c1ccco1)c1ccccc1. The van der Waals surface area contributed by atoms with Crippen molar-refractivity contribution in [1.82, 2.24) is 5.32 Å². The number of amides is 2. The summed E-state index contributed by atoms with van der Waals surface area (Å²) in [7, 11) is 0. The molecule has 0 aliphatic carbocycles. The summed E-state index contributed by atoms with van der Waals surface area (Å²) in [6, 6.07) is 16.4. The number of anilines is 1. The molecule has 32 heavy (non-hydrogen) atoms. The van der Waals surface area contributed by atoms with Gasteiger partial charge in [0.15, 0.2) is 18.4 Å². The minimum Gasteiger partial charge on any atom is -0.459 e. The molecule has 0 aliphatic heterocycles. The van der Waals surface area contributed by atoms with Crippen LogP contribution >= 0.6 is 0 Å². The molecule has 1 unspecified atom stereocenters. The second kappa shape index (κ2) is 10.4. The van der Waals surface area contributed by atoms with E-state index in [2.05, 4.69) is 10.6 Å². The van der Waals surface area contributed by atoms with Crippen LogP contribution < -0.4 is 10.6 Å². The van der Waals surface area contributed by atoms with Gasteiger partial charge in [-0.1, -0.05) is 62.4 Å². The number of ether oxygens (including phenoxy) is 1. The second-order valence-electron chi connectivity index (χ2n) is 7.64. The van der Waals surface area contributed by atoms with Gasteiger partial charge in [-0.25, -0.2) is 4.79 Å². The fourth-order valence-electron chi connectivity index (χ4n) is 3.27. The van der Waals surface area contributed by atoms with Gasteiger partial charge in [-0.2, -0.15) is 0 Å². The maximum Gasteiger partial charge on any atom is 0.333 e. The lowest BCUT2D eigenvalue weighted by atomic mass is 9.98. The van der Waals surface area contributed by atoms with Crippen molar-refractivity contribution in [2.24, 2.45) is 0 Å². The normalized spacial score (nSPS) is 11.6. The summed E-state index contributed by atoms with van der Waals surface area (Å²) in [5, 5.41) is 5.44. The standard InChI is InChI=1S/C25H26N2O5/c1-16(2)19-12-7-9-17(3)22(19)26-21(28)15-32-25(30)23(18-10-5-4-6-11-18)27-24(29)20-13-8-14-31-20/h4-14,16,23H,15H2,1-3H3,(H,26,28)(H,27,29). The van der Waals surface area contributed by atoms with E-state index in [-0.39, 0.29) is 11.7 Å². The molecular weight excluding hydrogens is 408 g/mol. The minimum absolute atomic E-state index is 0.0669. The van der Waals surface area contributed by atoms with E-state index in [9.17, 15) is 14.4 Å². The number of benzene rings is 2. The highest BCUT2D eigenvalue weighted by Crippen LogP contribution is 2.27. The van der Waals surface area contributed by atoms with Gasteiger partial charge in [0.1, 0.15) is 0 Å². The maximum absolute atomic E-state index is 12.8. The molecule has 1 heterocycles. The maximum atomic E-state index is 12.8. The van der Waals surface area contributed by atoms with Crippen molar-refractivity contribution in [2.45, 2.75) is 32.7 Å². The number of carbonyl (C=O) groups excluding carboxylic acids is 3. The van der Waals surface area contributed by atoms with E-state index < -0.39 is 30.4 Å². The lowest BCUT2D eigenvalue weighted by Gasteiger charge is -2.19. The van der Waals surface area contributed by atoms with E-state index in [1.54, 1.807) is 36.4 Å². The minimum atomic E-state index is -1.09. The van der Waals surface area contributed by atoms with E-state index in [0.29, 0.717) is 11.3 Å². The zero-order chi connectivity index (χ0) is 23.1. The zero-order valence-electron chi connectivity index (χ0n) is 18.3. The van der Waals surface area contributed by atoms with Crippen LogP contribution in [0, 0.1) is 6.92 Å². The molecule has 0 fully saturated rings. The molecule has 0 saturated carbocycles. The van der Waals surface area contributed by atoms with Crippen LogP contribution in [0.5, 0.6) is 0 Å². The average molecular weight is 434 g/mol. The molecule has 2 aromatic carbocycles. The van der Waals surface area contributed by atoms with Crippen LogP contribution in [0.25, 0.3) is 0 Å². The van der Waals surface area contributed by atoms with Gasteiger partial charge < -0.3 is 19.8 Å². The van der Waals surface area contributed by atoms with Crippen LogP contribution in [0.3, 0.4) is 0 Å². The van der Waals surface area contributed by atoms with E-state index in [1.807, 2.05) is 39.0 Å². The number of esters is 1. The summed E-state index contributed by atoms with van der Waals surface area (Å²) in [5.74, 6) is -1.49. The first-order valence-corrected chi connectivity index (χ1v) is 10.3. The Morgan fingerprint density at radius 3 is 2.38 bits per heavy atom. The highest BCUT2D eigenvalue weighted by molar-refractivity contribution is 5.96. The molecule has 2 N–H and O–H groups in total. The van der Waals surface area contributed by atoms with Gasteiger partial charge in [0, 0.05) is 5.69 Å². The largest absolute Gasteiger partial charge is 0.459 e. The van der Waals surface area contributed by atoms with Gasteiger partial charge in [-0.3, -0.25) is 9.59 Å². The molecular formula is C25H26N2O5. The number of hydrogen-bond acceptors (Lipinski definition) is 5. The number of furan rings is 1. The summed E-state index contributed by atoms with van der Waals surface area (Å²) in [6.45, 7) is 5.50. The van der Waals surface area contributed by atoms with Crippen LogP contribution in [0.4, 0.5) is 5.69 Å². The van der Waals surface area contributed by atoms with Gasteiger partial charge in [-0.15, -0.1) is 0 Å². The van der Waals surface area contributed by atoms with Crippen molar-refractivity contribution in [2.75, 3.05) is 11.9 Å². The predicted molar refractivity (Wildman–Crippen MR) is 120 cm³/mol. The third-order valence-corrected chi connectivity index (χ3v) is 4.93. The van der Waals surface area contributed by atoms with E-state index in [1.165, 1.54) is 12.3 Å². The van der Waals surface area contributed by atoms with Gasteiger partial charge >= 0.3 is 5.97 Å². The Hall–Kier alpha value is -3.87. The zero-order valence-corrected chi connectivity index (χ0v) is 18.3. The third-order valence-electron chi connectivity index (χ3n) is 4.93. The molecule has 7 nitrogen and oxygen atoms in total. The van der Waals surface area contributed by atoms with E-state index >= 15 is 0 Å². The Morgan fingerprint density at radius 2 is 1.72 bits per heavy atom. The first-order valence-electron chi connectivity index (χ1n) is 10.3. The lowest BCUT2D eigenvalue weighted by Crippen LogP contribution is -2.36. The van der Waals surface area contributed by atoms with Crippen LogP contribution in [-0.4, -0.2) is 24.4 Å². The summed E-state index contributed by atoms with van der Waals surface area (Å²) in [4.78, 5) is 37.7. The Morgan fingerprint density at radius 1 is 0.969 bits per heavy atom. The number of rotatable bonds is 8. The summed E-state index contributed by atoms with van der Waals surface area (Å²) in [5.41, 5.74) is 3.16. The molecule has 3 aromatic rings. The van der Waals surface area contributed by atoms with Gasteiger partial charge in [0.25, 0.3) is 11.8 Å². The van der Waals surface area contributed by atoms with Gasteiger partial charge in [0.2, 0.25) is 0 Å². The Labute approximate surface area is 186 Å². The van der Waals surface area contributed by atoms with Crippen LogP contribution in [0.15, 0.2) is 71.3 Å². The van der Waals surface area contributed by atoms with E-state index in [4.69, 9.17) is 9.15 Å². The van der Waals surface area contributed by atoms with Gasteiger partial charge in [0.05, 0.1) is 6.26 Å². The molecule has 0 radical (unpaired) electrons. The second-order valence-corrected chi connectivity index (χ2v) is 7.64. The van der Waals surface area contributed by atoms with Crippen LogP contribution in [-0.2, 0) is 14.3 Å². The monoisotopic (exact) mass is 434 g/mol. The molecule has 0 bridgehead atoms. The molecule has 166 valence electrons. The van der Waals surface area contributed by atoms with Crippen molar-refractivity contribution >= 4 is 23.5 Å². The predicted octanol–water partition coefficient (Wildman–Crippen LogP) is 4.36. The third kappa shape index (κ3) is 5.63. The molecule has 0 aliphatic rings. The number of aryl methyl sites for hydroxylation is 1. The highest BCUT2D eigenvalue weighted by atomic mass is 16.5. The topological polar surface area (TPSA) is 97.6 Å². The van der Waals surface area contributed by atoms with Crippen molar-refractivity contribution < 1.29 is 23.5 Å².